The van der Waals surface area contributed by atoms with E-state index in [1.807, 2.05) is 0 Å². The first-order valence-electron chi connectivity index (χ1n) is 6.73. The van der Waals surface area contributed by atoms with E-state index in [9.17, 15) is 0 Å². The van der Waals surface area contributed by atoms with Crippen molar-refractivity contribution in [3.8, 4) is 11.3 Å². The third-order valence-electron chi connectivity index (χ3n) is 3.46. The first-order valence-corrected chi connectivity index (χ1v) is 8.66. The smallest absolute Gasteiger partial charge is 0.106 e. The summed E-state index contributed by atoms with van der Waals surface area (Å²) in [6.07, 6.45) is 3.99. The molecule has 0 aliphatic carbocycles. The average Bonchev–Trinajstić information content (AvgIpc) is 2.98. The van der Waals surface area contributed by atoms with E-state index in [1.165, 1.54) is 41.1 Å². The first-order chi connectivity index (χ1) is 9.36. The van der Waals surface area contributed by atoms with Crippen LogP contribution in [0.3, 0.4) is 0 Å². The molecular formula is C15H18N2S2. The summed E-state index contributed by atoms with van der Waals surface area (Å²) in [7, 11) is 0. The van der Waals surface area contributed by atoms with Gasteiger partial charge in [-0.15, -0.1) is 11.3 Å². The van der Waals surface area contributed by atoms with Gasteiger partial charge < -0.3 is 5.73 Å². The lowest BCUT2D eigenvalue weighted by Gasteiger charge is -2.18. The predicted molar refractivity (Wildman–Crippen MR) is 84.5 cm³/mol. The van der Waals surface area contributed by atoms with Gasteiger partial charge in [0, 0.05) is 17.5 Å². The van der Waals surface area contributed by atoms with Gasteiger partial charge in [-0.2, -0.15) is 11.8 Å². The Morgan fingerprint density at radius 3 is 2.74 bits per heavy atom. The molecule has 1 aliphatic heterocycles. The van der Waals surface area contributed by atoms with Crippen LogP contribution < -0.4 is 5.73 Å². The Kier molecular flexibility index (Phi) is 4.21. The van der Waals surface area contributed by atoms with Crippen LogP contribution in [0.5, 0.6) is 0 Å². The van der Waals surface area contributed by atoms with E-state index in [1.54, 1.807) is 11.3 Å². The molecule has 2 N–H and O–H groups in total. The number of thioether (sulfide) groups is 1. The predicted octanol–water partition coefficient (Wildman–Crippen LogP) is 4.23. The number of nitrogens with two attached hydrogens (primary N) is 1. The minimum atomic E-state index is 0.599. The Morgan fingerprint density at radius 1 is 1.21 bits per heavy atom. The normalized spacial score (nSPS) is 19.5. The molecule has 1 atom stereocenters. The van der Waals surface area contributed by atoms with Crippen LogP contribution in [-0.4, -0.2) is 10.7 Å². The fourth-order valence-electron chi connectivity index (χ4n) is 2.32. The molecule has 0 saturated carbocycles. The van der Waals surface area contributed by atoms with Gasteiger partial charge in [-0.25, -0.2) is 4.98 Å². The van der Waals surface area contributed by atoms with Crippen molar-refractivity contribution in [2.75, 3.05) is 5.75 Å². The molecule has 2 aromatic rings. The molecule has 0 bridgehead atoms. The third-order valence-corrected chi connectivity index (χ3v) is 5.96. The van der Waals surface area contributed by atoms with Crippen molar-refractivity contribution in [2.45, 2.75) is 31.1 Å². The van der Waals surface area contributed by atoms with Crippen LogP contribution in [0.1, 0.15) is 35.1 Å². The van der Waals surface area contributed by atoms with Crippen LogP contribution in [-0.2, 0) is 6.54 Å². The van der Waals surface area contributed by atoms with E-state index < -0.39 is 0 Å². The maximum absolute atomic E-state index is 5.62. The molecular weight excluding hydrogens is 272 g/mol. The van der Waals surface area contributed by atoms with Gasteiger partial charge in [0.05, 0.1) is 10.9 Å². The third kappa shape index (κ3) is 3.02. The van der Waals surface area contributed by atoms with Crippen LogP contribution in [0, 0.1) is 0 Å². The van der Waals surface area contributed by atoms with Crippen molar-refractivity contribution >= 4 is 23.1 Å². The second-order valence-electron chi connectivity index (χ2n) is 4.83. The molecule has 3 rings (SSSR count). The molecule has 1 aromatic carbocycles. The largest absolute Gasteiger partial charge is 0.326 e. The second kappa shape index (κ2) is 6.07. The van der Waals surface area contributed by atoms with Gasteiger partial charge in [-0.1, -0.05) is 30.7 Å². The van der Waals surface area contributed by atoms with E-state index in [2.05, 4.69) is 41.4 Å². The molecule has 0 radical (unpaired) electrons. The molecule has 2 nitrogen and oxygen atoms in total. The Labute approximate surface area is 122 Å². The summed E-state index contributed by atoms with van der Waals surface area (Å²) in [5.74, 6) is 1.28. The van der Waals surface area contributed by atoms with Gasteiger partial charge in [0.2, 0.25) is 0 Å². The van der Waals surface area contributed by atoms with E-state index in [0.717, 1.165) is 5.69 Å². The second-order valence-corrected chi connectivity index (χ2v) is 7.03. The minimum Gasteiger partial charge on any atom is -0.326 e. The SMILES string of the molecule is NCc1ccc(-c2csc(C3CCCCS3)n2)cc1. The van der Waals surface area contributed by atoms with Gasteiger partial charge in [-0.3, -0.25) is 0 Å². The van der Waals surface area contributed by atoms with E-state index in [0.29, 0.717) is 11.8 Å². The van der Waals surface area contributed by atoms with Gasteiger partial charge in [0.25, 0.3) is 0 Å². The topological polar surface area (TPSA) is 38.9 Å². The Morgan fingerprint density at radius 2 is 2.05 bits per heavy atom. The highest BCUT2D eigenvalue weighted by Gasteiger charge is 2.19. The molecule has 4 heteroatoms. The molecule has 1 aliphatic rings. The fourth-order valence-corrected chi connectivity index (χ4v) is 4.71. The molecule has 2 heterocycles. The maximum atomic E-state index is 5.62. The summed E-state index contributed by atoms with van der Waals surface area (Å²) < 4.78 is 0. The number of aromatic nitrogens is 1. The number of benzene rings is 1. The van der Waals surface area contributed by atoms with Crippen molar-refractivity contribution in [3.63, 3.8) is 0 Å². The molecule has 19 heavy (non-hydrogen) atoms. The van der Waals surface area contributed by atoms with E-state index in [-0.39, 0.29) is 0 Å². The lowest BCUT2D eigenvalue weighted by Crippen LogP contribution is -2.01. The Hall–Kier alpha value is -0.840. The maximum Gasteiger partial charge on any atom is 0.106 e. The van der Waals surface area contributed by atoms with Crippen molar-refractivity contribution in [3.05, 3.63) is 40.2 Å². The molecule has 0 spiro atoms. The lowest BCUT2D eigenvalue weighted by atomic mass is 10.1. The van der Waals surface area contributed by atoms with Gasteiger partial charge in [-0.05, 0) is 24.2 Å². The van der Waals surface area contributed by atoms with Gasteiger partial charge in [0.15, 0.2) is 0 Å². The molecule has 1 fully saturated rings. The molecule has 1 aromatic heterocycles. The van der Waals surface area contributed by atoms with Crippen LogP contribution in [0.4, 0.5) is 0 Å². The van der Waals surface area contributed by atoms with Gasteiger partial charge >= 0.3 is 0 Å². The monoisotopic (exact) mass is 290 g/mol. The zero-order valence-corrected chi connectivity index (χ0v) is 12.5. The summed E-state index contributed by atoms with van der Waals surface area (Å²) in [5.41, 5.74) is 9.09. The summed E-state index contributed by atoms with van der Waals surface area (Å²) in [6.45, 7) is 0.599. The van der Waals surface area contributed by atoms with Crippen LogP contribution in [0.2, 0.25) is 0 Å². The van der Waals surface area contributed by atoms with Crippen LogP contribution in [0.25, 0.3) is 11.3 Å². The number of nitrogens with zero attached hydrogens (tertiary/aromatic N) is 1. The molecule has 1 saturated heterocycles. The van der Waals surface area contributed by atoms with Gasteiger partial charge in [0.1, 0.15) is 5.01 Å². The van der Waals surface area contributed by atoms with Crippen LogP contribution in [0.15, 0.2) is 29.6 Å². The van der Waals surface area contributed by atoms with Crippen molar-refractivity contribution in [1.82, 2.24) is 4.98 Å². The lowest BCUT2D eigenvalue weighted by molar-refractivity contribution is 0.684. The minimum absolute atomic E-state index is 0.599. The zero-order valence-electron chi connectivity index (χ0n) is 10.8. The average molecular weight is 290 g/mol. The quantitative estimate of drug-likeness (QED) is 0.919. The Bertz CT molecular complexity index is 527. The molecule has 1 unspecified atom stereocenters. The standard InChI is InChI=1S/C15H18N2S2/c16-9-11-4-6-12(7-5-11)13-10-19-15(17-13)14-3-1-2-8-18-14/h4-7,10,14H,1-3,8-9,16H2. The van der Waals surface area contributed by atoms with Crippen LogP contribution >= 0.6 is 23.1 Å². The summed E-state index contributed by atoms with van der Waals surface area (Å²) in [6, 6.07) is 8.41. The molecule has 0 amide bonds. The van der Waals surface area contributed by atoms with Crippen molar-refractivity contribution < 1.29 is 0 Å². The summed E-state index contributed by atoms with van der Waals surface area (Å²) in [5, 5.41) is 4.10. The van der Waals surface area contributed by atoms with Crippen molar-refractivity contribution in [2.24, 2.45) is 5.73 Å². The first kappa shape index (κ1) is 13.2. The number of hydrogen-bond acceptors (Lipinski definition) is 4. The highest BCUT2D eigenvalue weighted by Crippen LogP contribution is 2.40. The number of thiazole rings is 1. The fraction of sp³-hybridized carbons (Fsp3) is 0.400. The Balaban J connectivity index is 1.79. The van der Waals surface area contributed by atoms with E-state index in [4.69, 9.17) is 10.7 Å². The summed E-state index contributed by atoms with van der Waals surface area (Å²) in [4.78, 5) is 4.83. The number of rotatable bonds is 3. The number of hydrogen-bond donors (Lipinski definition) is 1. The highest BCUT2D eigenvalue weighted by molar-refractivity contribution is 7.99. The van der Waals surface area contributed by atoms with E-state index >= 15 is 0 Å². The summed E-state index contributed by atoms with van der Waals surface area (Å²) >= 11 is 3.87. The zero-order chi connectivity index (χ0) is 13.1. The van der Waals surface area contributed by atoms with Crippen molar-refractivity contribution in [1.29, 1.82) is 0 Å². The molecule has 100 valence electrons. The highest BCUT2D eigenvalue weighted by atomic mass is 32.2.